The van der Waals surface area contributed by atoms with E-state index in [1.165, 1.54) is 16.8 Å². The molecule has 1 N–H and O–H groups in total. The number of nitrogens with one attached hydrogen (secondary N) is 1. The fourth-order valence-corrected chi connectivity index (χ4v) is 1.77. The van der Waals surface area contributed by atoms with E-state index in [1.807, 2.05) is 20.1 Å². The lowest BCUT2D eigenvalue weighted by Crippen LogP contribution is -2.36. The number of nitriles is 1. The smallest absolute Gasteiger partial charge is 0.221 e. The van der Waals surface area contributed by atoms with Gasteiger partial charge in [-0.15, -0.1) is 0 Å². The van der Waals surface area contributed by atoms with E-state index in [1.54, 1.807) is 0 Å². The molecule has 0 aliphatic carbocycles. The summed E-state index contributed by atoms with van der Waals surface area (Å²) in [4.78, 5) is 8.22. The maximum absolute atomic E-state index is 8.82. The van der Waals surface area contributed by atoms with Gasteiger partial charge in [-0.2, -0.15) is 10.3 Å². The van der Waals surface area contributed by atoms with Crippen molar-refractivity contribution in [2.24, 2.45) is 9.98 Å². The molecule has 0 aromatic carbocycles. The van der Waals surface area contributed by atoms with Crippen LogP contribution in [0.1, 0.15) is 13.8 Å². The molecule has 0 saturated carbocycles. The number of hydrogen-bond acceptors (Lipinski definition) is 6. The van der Waals surface area contributed by atoms with Crippen LogP contribution in [0.2, 0.25) is 0 Å². The summed E-state index contributed by atoms with van der Waals surface area (Å²) >= 11 is 7.28. The van der Waals surface area contributed by atoms with Crippen LogP contribution in [-0.2, 0) is 0 Å². The molecule has 2 rings (SSSR count). The minimum absolute atomic E-state index is 0.296. The average molecular weight is 258 g/mol. The summed E-state index contributed by atoms with van der Waals surface area (Å²) in [6.45, 7) is 4.45. The van der Waals surface area contributed by atoms with Crippen LogP contribution in [0.4, 0.5) is 0 Å². The Bertz CT molecular complexity index is 407. The molecule has 0 fully saturated rings. The second-order valence-electron chi connectivity index (χ2n) is 2.56. The largest absolute Gasteiger partial charge is 0.230 e. The molecule has 7 heteroatoms. The van der Waals surface area contributed by atoms with Crippen LogP contribution in [0.5, 0.6) is 0 Å². The van der Waals surface area contributed by atoms with E-state index in [9.17, 15) is 0 Å². The monoisotopic (exact) mass is 257 g/mol. The second kappa shape index (κ2) is 5.89. The second-order valence-corrected chi connectivity index (χ2v) is 3.68. The Kier molecular flexibility index (Phi) is 4.80. The van der Waals surface area contributed by atoms with Crippen molar-refractivity contribution < 1.29 is 0 Å². The number of thioether (sulfide) groups is 1. The molecule has 0 atom stereocenters. The standard InChI is InChI=1S/C7H6ClN5S.C2H6/c1-14-7-11-5-4(2-9)3-10-13(5)6(8)12-7;1-2/h10H,3H2,1H3;1-2H3. The maximum Gasteiger partial charge on any atom is 0.221 e. The Morgan fingerprint density at radius 3 is 2.75 bits per heavy atom. The first-order valence-electron chi connectivity index (χ1n) is 4.80. The number of rotatable bonds is 0. The van der Waals surface area contributed by atoms with Crippen molar-refractivity contribution in [3.63, 3.8) is 0 Å². The predicted molar refractivity (Wildman–Crippen MR) is 68.1 cm³/mol. The number of hydrazine groups is 1. The normalized spacial score (nSPS) is 18.1. The third-order valence-corrected chi connectivity index (χ3v) is 2.59. The molecule has 0 aromatic rings. The van der Waals surface area contributed by atoms with Gasteiger partial charge in [-0.25, -0.2) is 15.4 Å². The fraction of sp³-hybridized carbons (Fsp3) is 0.444. The molecule has 2 aliphatic heterocycles. The van der Waals surface area contributed by atoms with Crippen LogP contribution in [0.15, 0.2) is 21.4 Å². The molecule has 0 spiro atoms. The van der Waals surface area contributed by atoms with Gasteiger partial charge in [-0.05, 0) is 17.9 Å². The molecule has 2 aliphatic rings. The van der Waals surface area contributed by atoms with E-state index >= 15 is 0 Å². The highest BCUT2D eigenvalue weighted by Crippen LogP contribution is 2.23. The Morgan fingerprint density at radius 1 is 1.50 bits per heavy atom. The summed E-state index contributed by atoms with van der Waals surface area (Å²) < 4.78 is 0. The van der Waals surface area contributed by atoms with Gasteiger partial charge in [0.05, 0.1) is 12.1 Å². The van der Waals surface area contributed by atoms with E-state index in [-0.39, 0.29) is 0 Å². The Hall–Kier alpha value is -1.03. The van der Waals surface area contributed by atoms with Crippen LogP contribution in [-0.4, -0.2) is 28.3 Å². The first-order valence-corrected chi connectivity index (χ1v) is 6.40. The van der Waals surface area contributed by atoms with Gasteiger partial charge in [0.2, 0.25) is 5.29 Å². The number of aliphatic imine (C=N–C) groups is 2. The summed E-state index contributed by atoms with van der Waals surface area (Å²) in [6, 6.07) is 2.07. The summed E-state index contributed by atoms with van der Waals surface area (Å²) in [5, 5.41) is 11.2. The Labute approximate surface area is 104 Å². The molecular weight excluding hydrogens is 246 g/mol. The maximum atomic E-state index is 8.82. The van der Waals surface area contributed by atoms with E-state index in [0.717, 1.165) is 0 Å². The van der Waals surface area contributed by atoms with Gasteiger partial charge in [0.25, 0.3) is 0 Å². The van der Waals surface area contributed by atoms with Crippen molar-refractivity contribution >= 4 is 33.8 Å². The number of halogens is 1. The highest BCUT2D eigenvalue weighted by molar-refractivity contribution is 8.13. The van der Waals surface area contributed by atoms with Gasteiger partial charge >= 0.3 is 0 Å². The van der Waals surface area contributed by atoms with Crippen LogP contribution in [0, 0.1) is 11.3 Å². The zero-order valence-electron chi connectivity index (χ0n) is 9.28. The highest BCUT2D eigenvalue weighted by Gasteiger charge is 2.28. The summed E-state index contributed by atoms with van der Waals surface area (Å²) in [5.74, 6) is 0.553. The van der Waals surface area contributed by atoms with Gasteiger partial charge in [-0.3, -0.25) is 0 Å². The minimum atomic E-state index is 0.296. The van der Waals surface area contributed by atoms with E-state index < -0.39 is 0 Å². The third kappa shape index (κ3) is 2.38. The van der Waals surface area contributed by atoms with Crippen LogP contribution >= 0.6 is 23.4 Å². The van der Waals surface area contributed by atoms with Crippen molar-refractivity contribution in [3.8, 4) is 6.07 Å². The lowest BCUT2D eigenvalue weighted by molar-refractivity contribution is 0.433. The topological polar surface area (TPSA) is 63.8 Å². The summed E-state index contributed by atoms with van der Waals surface area (Å²) in [5.41, 5.74) is 3.49. The van der Waals surface area contributed by atoms with E-state index in [4.69, 9.17) is 16.9 Å². The zero-order valence-corrected chi connectivity index (χ0v) is 10.9. The molecule has 0 unspecified atom stereocenters. The first-order chi connectivity index (χ1) is 7.76. The molecule has 0 amide bonds. The minimum Gasteiger partial charge on any atom is -0.230 e. The molecule has 2 heterocycles. The Morgan fingerprint density at radius 2 is 2.19 bits per heavy atom. The van der Waals surface area contributed by atoms with E-state index in [0.29, 0.717) is 28.4 Å². The lowest BCUT2D eigenvalue weighted by atomic mass is 10.3. The third-order valence-electron chi connectivity index (χ3n) is 1.79. The zero-order chi connectivity index (χ0) is 12.1. The van der Waals surface area contributed by atoms with Crippen LogP contribution in [0.25, 0.3) is 0 Å². The fourth-order valence-electron chi connectivity index (χ4n) is 1.14. The van der Waals surface area contributed by atoms with Crippen molar-refractivity contribution in [1.29, 1.82) is 5.26 Å². The van der Waals surface area contributed by atoms with Gasteiger partial charge < -0.3 is 0 Å². The van der Waals surface area contributed by atoms with Gasteiger partial charge in [0, 0.05) is 0 Å². The van der Waals surface area contributed by atoms with Gasteiger partial charge in [-0.1, -0.05) is 25.6 Å². The molecule has 5 nitrogen and oxygen atoms in total. The summed E-state index contributed by atoms with van der Waals surface area (Å²) in [6.07, 6.45) is 1.86. The Balaban J connectivity index is 0.000000606. The number of hydrogen-bond donors (Lipinski definition) is 1. The molecule has 0 saturated heterocycles. The number of nitrogens with zero attached hydrogens (tertiary/aromatic N) is 4. The molecule has 86 valence electrons. The molecular formula is C9H12ClN5S. The van der Waals surface area contributed by atoms with Crippen molar-refractivity contribution in [2.45, 2.75) is 13.8 Å². The van der Waals surface area contributed by atoms with Gasteiger partial charge in [0.1, 0.15) is 6.07 Å². The molecule has 0 radical (unpaired) electrons. The van der Waals surface area contributed by atoms with Crippen molar-refractivity contribution in [1.82, 2.24) is 10.4 Å². The van der Waals surface area contributed by atoms with Crippen molar-refractivity contribution in [3.05, 3.63) is 11.4 Å². The average Bonchev–Trinajstić information content (AvgIpc) is 2.75. The molecule has 16 heavy (non-hydrogen) atoms. The van der Waals surface area contributed by atoms with Crippen molar-refractivity contribution in [2.75, 3.05) is 12.8 Å². The van der Waals surface area contributed by atoms with E-state index in [2.05, 4.69) is 21.5 Å². The first kappa shape index (κ1) is 13.0. The molecule has 0 bridgehead atoms. The molecule has 0 aromatic heterocycles. The SMILES string of the molecule is CC.CSC1=NC2=C(C#N)CNN2C(Cl)=N1. The van der Waals surface area contributed by atoms with Gasteiger partial charge in [0.15, 0.2) is 11.0 Å². The quantitative estimate of drug-likeness (QED) is 0.673. The van der Waals surface area contributed by atoms with Crippen LogP contribution in [0.3, 0.4) is 0 Å². The highest BCUT2D eigenvalue weighted by atomic mass is 35.5. The lowest BCUT2D eigenvalue weighted by Gasteiger charge is -2.20. The predicted octanol–water partition coefficient (Wildman–Crippen LogP) is 1.90. The number of fused-ring (bicyclic) bond motifs is 1. The van der Waals surface area contributed by atoms with Crippen LogP contribution < -0.4 is 5.43 Å². The summed E-state index contributed by atoms with van der Waals surface area (Å²) in [7, 11) is 0. The number of amidine groups is 2.